The van der Waals surface area contributed by atoms with Crippen molar-refractivity contribution < 1.29 is 0 Å². The van der Waals surface area contributed by atoms with Crippen molar-refractivity contribution in [2.24, 2.45) is 0 Å². The number of hydrogen-bond donors (Lipinski definition) is 0. The van der Waals surface area contributed by atoms with Crippen LogP contribution in [0.1, 0.15) is 25.0 Å². The standard InChI is InChI=1S/C47H33BN2/c1-47(2)39-19-10-11-22-42(39)49-45-36-18-9-8-17-34(36)28-38-37-27-32-15-6-7-16-33(32)29-43(37)50(48(44(38)45)41-21-12-20-40(47)46(41)49)35-25-23-31(24-26-35)30-13-4-3-5-14-30/h3-29H,1-2H3. The van der Waals surface area contributed by atoms with Crippen molar-refractivity contribution in [1.29, 1.82) is 0 Å². The Bertz CT molecular complexity index is 2690. The maximum Gasteiger partial charge on any atom is 0.333 e. The van der Waals surface area contributed by atoms with Crippen molar-refractivity contribution in [3.8, 4) is 22.3 Å². The molecule has 0 bridgehead atoms. The highest BCUT2D eigenvalue weighted by atomic mass is 15.2. The molecule has 0 unspecified atom stereocenters. The molecule has 0 N–H and O–H groups in total. The number of anilines is 5. The zero-order valence-electron chi connectivity index (χ0n) is 28.1. The van der Waals surface area contributed by atoms with Gasteiger partial charge in [-0.3, -0.25) is 0 Å². The summed E-state index contributed by atoms with van der Waals surface area (Å²) in [6.45, 7) is 4.77. The molecular formula is C47H33BN2. The van der Waals surface area contributed by atoms with Crippen LogP contribution >= 0.6 is 0 Å². The molecule has 0 aromatic heterocycles. The van der Waals surface area contributed by atoms with Crippen LogP contribution in [0, 0.1) is 0 Å². The van der Waals surface area contributed by atoms with Gasteiger partial charge in [-0.25, -0.2) is 0 Å². The number of hydrogen-bond acceptors (Lipinski definition) is 2. The molecule has 3 heteroatoms. The number of fused-ring (bicyclic) bond motifs is 9. The van der Waals surface area contributed by atoms with E-state index in [1.54, 1.807) is 0 Å². The first-order valence-corrected chi connectivity index (χ1v) is 17.6. The predicted octanol–water partition coefficient (Wildman–Crippen LogP) is 11.0. The average Bonchev–Trinajstić information content (AvgIpc) is 3.17. The minimum Gasteiger partial charge on any atom is -0.376 e. The predicted molar refractivity (Wildman–Crippen MR) is 213 cm³/mol. The molecular weight excluding hydrogens is 603 g/mol. The van der Waals surface area contributed by atoms with Crippen LogP contribution in [0.4, 0.5) is 28.4 Å². The third kappa shape index (κ3) is 3.64. The second-order valence-electron chi connectivity index (χ2n) is 14.5. The largest absolute Gasteiger partial charge is 0.376 e. The minimum atomic E-state index is -0.158. The van der Waals surface area contributed by atoms with Gasteiger partial charge in [0, 0.05) is 33.4 Å². The third-order valence-electron chi connectivity index (χ3n) is 11.6. The minimum absolute atomic E-state index is 0.0203. The van der Waals surface area contributed by atoms with Crippen molar-refractivity contribution in [2.75, 3.05) is 9.71 Å². The first kappa shape index (κ1) is 27.9. The van der Waals surface area contributed by atoms with Gasteiger partial charge < -0.3 is 9.71 Å². The highest BCUT2D eigenvalue weighted by Gasteiger charge is 2.49. The molecule has 50 heavy (non-hydrogen) atoms. The summed E-state index contributed by atoms with van der Waals surface area (Å²) in [6.07, 6.45) is 0. The molecule has 0 atom stereocenters. The van der Waals surface area contributed by atoms with E-state index in [1.807, 2.05) is 0 Å². The molecule has 3 heterocycles. The number of rotatable bonds is 2. The maximum absolute atomic E-state index is 2.64. The lowest BCUT2D eigenvalue weighted by Crippen LogP contribution is -2.62. The fourth-order valence-electron chi connectivity index (χ4n) is 9.26. The van der Waals surface area contributed by atoms with Gasteiger partial charge in [-0.15, -0.1) is 0 Å². The Labute approximate surface area is 293 Å². The summed E-state index contributed by atoms with van der Waals surface area (Å²) in [4.78, 5) is 5.25. The van der Waals surface area contributed by atoms with Gasteiger partial charge in [0.2, 0.25) is 0 Å². The van der Waals surface area contributed by atoms with Gasteiger partial charge in [0.25, 0.3) is 0 Å². The van der Waals surface area contributed by atoms with Gasteiger partial charge in [-0.1, -0.05) is 141 Å². The summed E-state index contributed by atoms with van der Waals surface area (Å²) < 4.78 is 0. The highest BCUT2D eigenvalue weighted by Crippen LogP contribution is 2.56. The molecule has 0 aliphatic carbocycles. The van der Waals surface area contributed by atoms with Gasteiger partial charge in [-0.2, -0.15) is 0 Å². The first-order chi connectivity index (χ1) is 24.6. The lowest BCUT2D eigenvalue weighted by molar-refractivity contribution is 0.632. The van der Waals surface area contributed by atoms with Gasteiger partial charge >= 0.3 is 6.85 Å². The van der Waals surface area contributed by atoms with Crippen molar-refractivity contribution in [3.63, 3.8) is 0 Å². The van der Waals surface area contributed by atoms with Crippen LogP contribution in [-0.4, -0.2) is 6.85 Å². The Hall–Kier alpha value is -6.06. The van der Waals surface area contributed by atoms with Crippen LogP contribution in [0.15, 0.2) is 164 Å². The van der Waals surface area contributed by atoms with Crippen LogP contribution in [0.2, 0.25) is 0 Å². The quantitative estimate of drug-likeness (QED) is 0.174. The second kappa shape index (κ2) is 9.99. The summed E-state index contributed by atoms with van der Waals surface area (Å²) >= 11 is 0. The van der Waals surface area contributed by atoms with Gasteiger partial charge in [0.15, 0.2) is 0 Å². The van der Waals surface area contributed by atoms with Crippen LogP contribution < -0.4 is 20.6 Å². The van der Waals surface area contributed by atoms with Crippen molar-refractivity contribution >= 4 is 67.8 Å². The Kier molecular flexibility index (Phi) is 5.57. The lowest BCUT2D eigenvalue weighted by Gasteiger charge is -2.50. The van der Waals surface area contributed by atoms with E-state index in [2.05, 4.69) is 187 Å². The molecule has 2 nitrogen and oxygen atoms in total. The molecule has 11 rings (SSSR count). The van der Waals surface area contributed by atoms with Crippen LogP contribution in [0.3, 0.4) is 0 Å². The molecule has 0 fully saturated rings. The van der Waals surface area contributed by atoms with Crippen LogP contribution in [0.25, 0.3) is 43.8 Å². The van der Waals surface area contributed by atoms with E-state index < -0.39 is 0 Å². The number of nitrogens with zero attached hydrogens (tertiary/aromatic N) is 2. The van der Waals surface area contributed by atoms with E-state index in [4.69, 9.17) is 0 Å². The smallest absolute Gasteiger partial charge is 0.333 e. The molecule has 234 valence electrons. The molecule has 0 saturated carbocycles. The Morgan fingerprint density at radius 3 is 1.94 bits per heavy atom. The summed E-state index contributed by atoms with van der Waals surface area (Å²) in [7, 11) is 0. The van der Waals surface area contributed by atoms with Gasteiger partial charge in [0.05, 0.1) is 11.4 Å². The van der Waals surface area contributed by atoms with E-state index in [0.717, 1.165) is 0 Å². The monoisotopic (exact) mass is 636 g/mol. The molecule has 8 aromatic carbocycles. The zero-order chi connectivity index (χ0) is 33.1. The van der Waals surface area contributed by atoms with Gasteiger partial charge in [0.1, 0.15) is 0 Å². The Morgan fingerprint density at radius 1 is 0.480 bits per heavy atom. The topological polar surface area (TPSA) is 6.48 Å². The molecule has 0 saturated heterocycles. The van der Waals surface area contributed by atoms with Crippen molar-refractivity contribution in [2.45, 2.75) is 19.3 Å². The summed E-state index contributed by atoms with van der Waals surface area (Å²) in [5.74, 6) is 0. The normalized spacial score (nSPS) is 14.6. The van der Waals surface area contributed by atoms with E-state index in [0.29, 0.717) is 0 Å². The van der Waals surface area contributed by atoms with Crippen molar-refractivity contribution in [3.05, 3.63) is 175 Å². The summed E-state index contributed by atoms with van der Waals surface area (Å²) in [5, 5.41) is 5.07. The molecule has 0 spiro atoms. The Balaban J connectivity index is 1.28. The number of benzene rings is 8. The molecule has 3 aliphatic heterocycles. The zero-order valence-corrected chi connectivity index (χ0v) is 28.1. The van der Waals surface area contributed by atoms with Gasteiger partial charge in [-0.05, 0) is 91.3 Å². The van der Waals surface area contributed by atoms with E-state index >= 15 is 0 Å². The SMILES string of the molecule is CC1(C)c2ccccc2N2c3c(cccc31)B1c3c(cc4ccccc4c32)-c2cc3ccccc3cc2N1c1ccc(-c2ccccc2)cc1. The molecule has 0 amide bonds. The van der Waals surface area contributed by atoms with E-state index in [9.17, 15) is 0 Å². The average molecular weight is 637 g/mol. The summed E-state index contributed by atoms with van der Waals surface area (Å²) in [6, 6.07) is 61.1. The molecule has 0 radical (unpaired) electrons. The Morgan fingerprint density at radius 2 is 1.12 bits per heavy atom. The molecule has 3 aliphatic rings. The van der Waals surface area contributed by atoms with Crippen LogP contribution in [-0.2, 0) is 5.41 Å². The summed E-state index contributed by atoms with van der Waals surface area (Å²) in [5.41, 5.74) is 16.7. The van der Waals surface area contributed by atoms with Crippen LogP contribution in [0.5, 0.6) is 0 Å². The fourth-order valence-corrected chi connectivity index (χ4v) is 9.26. The number of para-hydroxylation sites is 2. The fraction of sp³-hybridized carbons (Fsp3) is 0.0638. The second-order valence-corrected chi connectivity index (χ2v) is 14.5. The van der Waals surface area contributed by atoms with E-state index in [-0.39, 0.29) is 12.3 Å². The third-order valence-corrected chi connectivity index (χ3v) is 11.6. The highest BCUT2D eigenvalue weighted by molar-refractivity contribution is 6.94. The maximum atomic E-state index is 2.64. The lowest BCUT2D eigenvalue weighted by atomic mass is 9.42. The molecule has 8 aromatic rings. The first-order valence-electron chi connectivity index (χ1n) is 17.6. The van der Waals surface area contributed by atoms with Crippen molar-refractivity contribution in [1.82, 2.24) is 0 Å². The van der Waals surface area contributed by atoms with E-state index in [1.165, 1.54) is 94.3 Å².